The van der Waals surface area contributed by atoms with Gasteiger partial charge in [-0.05, 0) is 30.2 Å². The lowest BCUT2D eigenvalue weighted by Gasteiger charge is -2.06. The zero-order valence-corrected chi connectivity index (χ0v) is 14.5. The fraction of sp³-hybridized carbons (Fsp3) is 0.167. The molecule has 0 saturated carbocycles. The number of hydrogen-bond acceptors (Lipinski definition) is 4. The number of carbonyl (C=O) groups excluding carboxylic acids is 1. The summed E-state index contributed by atoms with van der Waals surface area (Å²) in [6, 6.07) is 13.2. The van der Waals surface area contributed by atoms with Gasteiger partial charge < -0.3 is 5.32 Å². The van der Waals surface area contributed by atoms with Crippen LogP contribution < -0.4 is 5.32 Å². The van der Waals surface area contributed by atoms with Crippen LogP contribution >= 0.6 is 22.9 Å². The molecule has 2 aromatic heterocycles. The van der Waals surface area contributed by atoms with Crippen molar-refractivity contribution >= 4 is 28.8 Å². The molecule has 1 N–H and O–H groups in total. The minimum Gasteiger partial charge on any atom is -0.352 e. The van der Waals surface area contributed by atoms with E-state index in [0.717, 1.165) is 22.0 Å². The van der Waals surface area contributed by atoms with Crippen LogP contribution in [0.15, 0.2) is 54.0 Å². The molecule has 0 aliphatic rings. The first kappa shape index (κ1) is 16.6. The molecule has 0 spiro atoms. The van der Waals surface area contributed by atoms with Crippen molar-refractivity contribution < 1.29 is 4.79 Å². The molecule has 122 valence electrons. The van der Waals surface area contributed by atoms with E-state index in [-0.39, 0.29) is 5.91 Å². The summed E-state index contributed by atoms with van der Waals surface area (Å²) in [7, 11) is 0. The van der Waals surface area contributed by atoms with Gasteiger partial charge in [0.1, 0.15) is 5.01 Å². The van der Waals surface area contributed by atoms with Gasteiger partial charge in [-0.25, -0.2) is 4.98 Å². The third-order valence-corrected chi connectivity index (χ3v) is 4.76. The average molecular weight is 358 g/mol. The number of aryl methyl sites for hydroxylation is 1. The molecule has 4 nitrogen and oxygen atoms in total. The third-order valence-electron chi connectivity index (χ3n) is 3.48. The lowest BCUT2D eigenvalue weighted by molar-refractivity contribution is -0.121. The molecule has 0 atom stereocenters. The molecule has 0 aliphatic carbocycles. The Labute approximate surface area is 149 Å². The SMILES string of the molecule is O=C(CCc1csc(-c2ccccn2)n1)NCc1ccccc1Cl. The van der Waals surface area contributed by atoms with Crippen molar-refractivity contribution in [3.63, 3.8) is 0 Å². The second-order valence-corrected chi connectivity index (χ2v) is 6.49. The Morgan fingerprint density at radius 1 is 1.17 bits per heavy atom. The van der Waals surface area contributed by atoms with Crippen molar-refractivity contribution in [1.82, 2.24) is 15.3 Å². The first-order chi connectivity index (χ1) is 11.7. The van der Waals surface area contributed by atoms with E-state index in [2.05, 4.69) is 15.3 Å². The van der Waals surface area contributed by atoms with Gasteiger partial charge in [0.2, 0.25) is 5.91 Å². The molecule has 0 unspecified atom stereocenters. The molecule has 6 heteroatoms. The number of halogens is 1. The number of aromatic nitrogens is 2. The molecule has 24 heavy (non-hydrogen) atoms. The highest BCUT2D eigenvalue weighted by molar-refractivity contribution is 7.13. The minimum absolute atomic E-state index is 0.0118. The normalized spacial score (nSPS) is 10.5. The second-order valence-electron chi connectivity index (χ2n) is 5.23. The molecule has 0 saturated heterocycles. The van der Waals surface area contributed by atoms with E-state index < -0.39 is 0 Å². The molecule has 1 aromatic carbocycles. The Bertz CT molecular complexity index is 820. The number of pyridine rings is 1. The molecule has 0 radical (unpaired) electrons. The van der Waals surface area contributed by atoms with Gasteiger partial charge in [0.15, 0.2) is 0 Å². The van der Waals surface area contributed by atoms with E-state index in [1.807, 2.05) is 47.8 Å². The molecular formula is C18H16ClN3OS. The summed E-state index contributed by atoms with van der Waals surface area (Å²) in [4.78, 5) is 20.8. The van der Waals surface area contributed by atoms with Gasteiger partial charge in [-0.3, -0.25) is 9.78 Å². The van der Waals surface area contributed by atoms with Crippen molar-refractivity contribution in [2.45, 2.75) is 19.4 Å². The van der Waals surface area contributed by atoms with Crippen LogP contribution in [-0.4, -0.2) is 15.9 Å². The van der Waals surface area contributed by atoms with Crippen LogP contribution in [0.2, 0.25) is 5.02 Å². The van der Waals surface area contributed by atoms with Crippen molar-refractivity contribution in [3.05, 3.63) is 70.3 Å². The summed E-state index contributed by atoms with van der Waals surface area (Å²) >= 11 is 7.62. The molecule has 0 aliphatic heterocycles. The number of nitrogens with one attached hydrogen (secondary N) is 1. The fourth-order valence-corrected chi connectivity index (χ4v) is 3.23. The summed E-state index contributed by atoms with van der Waals surface area (Å²) in [6.07, 6.45) is 2.76. The zero-order valence-electron chi connectivity index (χ0n) is 12.9. The highest BCUT2D eigenvalue weighted by atomic mass is 35.5. The predicted octanol–water partition coefficient (Wildman–Crippen LogP) is 4.11. The standard InChI is InChI=1S/C18H16ClN3OS/c19-15-6-2-1-5-13(15)11-21-17(23)9-8-14-12-24-18(22-14)16-7-3-4-10-20-16/h1-7,10,12H,8-9,11H2,(H,21,23). The Balaban J connectivity index is 1.50. The van der Waals surface area contributed by atoms with E-state index in [0.29, 0.717) is 24.4 Å². The van der Waals surface area contributed by atoms with E-state index in [1.54, 1.807) is 17.5 Å². The van der Waals surface area contributed by atoms with E-state index in [9.17, 15) is 4.79 Å². The Hall–Kier alpha value is -2.24. The lowest BCUT2D eigenvalue weighted by atomic mass is 10.2. The highest BCUT2D eigenvalue weighted by Crippen LogP contribution is 2.22. The first-order valence-corrected chi connectivity index (χ1v) is 8.84. The Morgan fingerprint density at radius 3 is 2.79 bits per heavy atom. The van der Waals surface area contributed by atoms with Crippen molar-refractivity contribution in [2.75, 3.05) is 0 Å². The number of thiazole rings is 1. The molecular weight excluding hydrogens is 342 g/mol. The maximum absolute atomic E-state index is 12.0. The van der Waals surface area contributed by atoms with Crippen molar-refractivity contribution in [1.29, 1.82) is 0 Å². The summed E-state index contributed by atoms with van der Waals surface area (Å²) in [6.45, 7) is 0.439. The Kier molecular flexibility index (Phi) is 5.56. The van der Waals surface area contributed by atoms with Crippen LogP contribution in [0.3, 0.4) is 0 Å². The van der Waals surface area contributed by atoms with Gasteiger partial charge in [-0.15, -0.1) is 11.3 Å². The van der Waals surface area contributed by atoms with Crippen molar-refractivity contribution in [2.24, 2.45) is 0 Å². The third kappa shape index (κ3) is 4.40. The highest BCUT2D eigenvalue weighted by Gasteiger charge is 2.08. The molecule has 2 heterocycles. The molecule has 3 aromatic rings. The largest absolute Gasteiger partial charge is 0.352 e. The number of nitrogens with zero attached hydrogens (tertiary/aromatic N) is 2. The smallest absolute Gasteiger partial charge is 0.220 e. The minimum atomic E-state index is -0.0118. The van der Waals surface area contributed by atoms with Gasteiger partial charge in [0, 0.05) is 29.6 Å². The maximum Gasteiger partial charge on any atom is 0.220 e. The number of benzene rings is 1. The second kappa shape index (κ2) is 8.04. The van der Waals surface area contributed by atoms with Crippen LogP contribution in [0.25, 0.3) is 10.7 Å². The van der Waals surface area contributed by atoms with Gasteiger partial charge in [0.05, 0.1) is 11.4 Å². The molecule has 1 amide bonds. The first-order valence-electron chi connectivity index (χ1n) is 7.58. The maximum atomic E-state index is 12.0. The monoisotopic (exact) mass is 357 g/mol. The van der Waals surface area contributed by atoms with E-state index >= 15 is 0 Å². The van der Waals surface area contributed by atoms with Gasteiger partial charge in [0.25, 0.3) is 0 Å². The quantitative estimate of drug-likeness (QED) is 0.722. The lowest BCUT2D eigenvalue weighted by Crippen LogP contribution is -2.23. The van der Waals surface area contributed by atoms with Gasteiger partial charge in [-0.1, -0.05) is 35.9 Å². The molecule has 3 rings (SSSR count). The number of rotatable bonds is 6. The summed E-state index contributed by atoms with van der Waals surface area (Å²) in [5, 5.41) is 6.41. The summed E-state index contributed by atoms with van der Waals surface area (Å²) in [5.74, 6) is -0.0118. The number of carbonyl (C=O) groups is 1. The van der Waals surface area contributed by atoms with E-state index in [4.69, 9.17) is 11.6 Å². The topological polar surface area (TPSA) is 54.9 Å². The number of hydrogen-bond donors (Lipinski definition) is 1. The van der Waals surface area contributed by atoms with Gasteiger partial charge >= 0.3 is 0 Å². The van der Waals surface area contributed by atoms with E-state index in [1.165, 1.54) is 0 Å². The van der Waals surface area contributed by atoms with Gasteiger partial charge in [-0.2, -0.15) is 0 Å². The average Bonchev–Trinajstić information content (AvgIpc) is 3.09. The van der Waals surface area contributed by atoms with Crippen molar-refractivity contribution in [3.8, 4) is 10.7 Å². The summed E-state index contributed by atoms with van der Waals surface area (Å²) < 4.78 is 0. The number of amides is 1. The zero-order chi connectivity index (χ0) is 16.8. The van der Waals surface area contributed by atoms with Crippen LogP contribution in [-0.2, 0) is 17.8 Å². The molecule has 0 bridgehead atoms. The Morgan fingerprint density at radius 2 is 2.00 bits per heavy atom. The summed E-state index contributed by atoms with van der Waals surface area (Å²) in [5.41, 5.74) is 2.68. The van der Waals surface area contributed by atoms with Crippen LogP contribution in [0.4, 0.5) is 0 Å². The van der Waals surface area contributed by atoms with Crippen LogP contribution in [0.5, 0.6) is 0 Å². The molecule has 0 fully saturated rings. The van der Waals surface area contributed by atoms with Crippen LogP contribution in [0, 0.1) is 0 Å². The fourth-order valence-electron chi connectivity index (χ4n) is 2.19. The predicted molar refractivity (Wildman–Crippen MR) is 97.0 cm³/mol. The van der Waals surface area contributed by atoms with Crippen LogP contribution in [0.1, 0.15) is 17.7 Å².